The van der Waals surface area contributed by atoms with Gasteiger partial charge < -0.3 is 24.6 Å². The standard InChI is InChI=1S/C26H25N3O4/c1-32-14-11-27-20-15-21(29(12-13-30)16-17-7-3-2-4-8-17)24-23-22(20)25(31)18-9-5-6-10-19(18)26(23)33-28-24/h2-10,15,27,30H,11-14,16H2,1H3. The number of nitrogens with zero attached hydrogens (tertiary/aromatic N) is 2. The number of nitrogens with one attached hydrogen (secondary N) is 1. The van der Waals surface area contributed by atoms with E-state index in [9.17, 15) is 9.90 Å². The first-order valence-corrected chi connectivity index (χ1v) is 11.0. The van der Waals surface area contributed by atoms with Crippen LogP contribution in [-0.4, -0.2) is 49.5 Å². The Balaban J connectivity index is 1.71. The third-order valence-electron chi connectivity index (χ3n) is 5.93. The SMILES string of the molecule is COCCNc1cc(N(CCO)Cc2ccccc2)c2noc3c2c1C(=O)c1ccccc1-3. The number of rotatable bonds is 9. The number of benzene rings is 3. The van der Waals surface area contributed by atoms with Crippen LogP contribution in [0.4, 0.5) is 11.4 Å². The molecule has 1 aliphatic carbocycles. The molecule has 1 aliphatic rings. The molecular weight excluding hydrogens is 418 g/mol. The molecule has 0 atom stereocenters. The van der Waals surface area contributed by atoms with Crippen molar-refractivity contribution in [2.75, 3.05) is 43.6 Å². The van der Waals surface area contributed by atoms with Gasteiger partial charge in [0.05, 0.1) is 29.9 Å². The lowest BCUT2D eigenvalue weighted by molar-refractivity contribution is 0.104. The molecule has 7 nitrogen and oxygen atoms in total. The average molecular weight is 444 g/mol. The van der Waals surface area contributed by atoms with Gasteiger partial charge in [0.2, 0.25) is 0 Å². The minimum atomic E-state index is -0.0606. The van der Waals surface area contributed by atoms with Crippen molar-refractivity contribution < 1.29 is 19.2 Å². The molecule has 4 aromatic rings. The van der Waals surface area contributed by atoms with Crippen LogP contribution in [0, 0.1) is 0 Å². The smallest absolute Gasteiger partial charge is 0.196 e. The van der Waals surface area contributed by atoms with Gasteiger partial charge in [0.15, 0.2) is 11.5 Å². The van der Waals surface area contributed by atoms with Crippen molar-refractivity contribution >= 4 is 28.1 Å². The summed E-state index contributed by atoms with van der Waals surface area (Å²) in [4.78, 5) is 15.6. The van der Waals surface area contributed by atoms with Gasteiger partial charge in [-0.15, -0.1) is 0 Å². The number of hydrogen-bond donors (Lipinski definition) is 2. The molecule has 2 N–H and O–H groups in total. The largest absolute Gasteiger partial charge is 0.395 e. The maximum Gasteiger partial charge on any atom is 0.196 e. The maximum atomic E-state index is 13.5. The second kappa shape index (κ2) is 9.05. The van der Waals surface area contributed by atoms with Crippen LogP contribution in [0.2, 0.25) is 0 Å². The summed E-state index contributed by atoms with van der Waals surface area (Å²) < 4.78 is 11.0. The molecule has 0 fully saturated rings. The summed E-state index contributed by atoms with van der Waals surface area (Å²) in [5.74, 6) is 0.532. The second-order valence-corrected chi connectivity index (χ2v) is 7.98. The number of aliphatic hydroxyl groups excluding tert-OH is 1. The molecule has 7 heteroatoms. The number of ketones is 1. The van der Waals surface area contributed by atoms with Crippen LogP contribution in [0.3, 0.4) is 0 Å². The number of fused-ring (bicyclic) bond motifs is 2. The fourth-order valence-electron chi connectivity index (χ4n) is 4.42. The molecule has 0 radical (unpaired) electrons. The van der Waals surface area contributed by atoms with Crippen molar-refractivity contribution in [1.82, 2.24) is 5.16 Å². The molecule has 1 aromatic heterocycles. The Labute approximate surface area is 191 Å². The molecule has 0 bridgehead atoms. The molecule has 0 unspecified atom stereocenters. The van der Waals surface area contributed by atoms with Gasteiger partial charge in [-0.1, -0.05) is 59.8 Å². The fraction of sp³-hybridized carbons (Fsp3) is 0.231. The summed E-state index contributed by atoms with van der Waals surface area (Å²) >= 11 is 0. The molecule has 33 heavy (non-hydrogen) atoms. The third-order valence-corrected chi connectivity index (χ3v) is 5.93. The summed E-state index contributed by atoms with van der Waals surface area (Å²) in [6.45, 7) is 2.02. The van der Waals surface area contributed by atoms with Crippen molar-refractivity contribution in [2.24, 2.45) is 0 Å². The van der Waals surface area contributed by atoms with Gasteiger partial charge in [0, 0.05) is 43.6 Å². The number of methoxy groups -OCH3 is 1. The van der Waals surface area contributed by atoms with Crippen molar-refractivity contribution in [1.29, 1.82) is 0 Å². The third kappa shape index (κ3) is 3.75. The van der Waals surface area contributed by atoms with Crippen LogP contribution in [0.5, 0.6) is 0 Å². The Morgan fingerprint density at radius 3 is 2.61 bits per heavy atom. The minimum absolute atomic E-state index is 0.0189. The number of hydrogen-bond acceptors (Lipinski definition) is 7. The summed E-state index contributed by atoms with van der Waals surface area (Å²) in [7, 11) is 1.64. The zero-order valence-electron chi connectivity index (χ0n) is 18.4. The molecule has 0 amide bonds. The first-order chi connectivity index (χ1) is 16.2. The van der Waals surface area contributed by atoms with E-state index in [0.717, 1.165) is 16.8 Å². The Kier molecular flexibility index (Phi) is 5.81. The monoisotopic (exact) mass is 443 g/mol. The van der Waals surface area contributed by atoms with Gasteiger partial charge in [-0.2, -0.15) is 0 Å². The van der Waals surface area contributed by atoms with E-state index in [4.69, 9.17) is 9.26 Å². The van der Waals surface area contributed by atoms with Gasteiger partial charge in [-0.3, -0.25) is 4.79 Å². The zero-order valence-corrected chi connectivity index (χ0v) is 18.4. The maximum absolute atomic E-state index is 13.5. The summed E-state index contributed by atoms with van der Waals surface area (Å²) in [6.07, 6.45) is 0. The van der Waals surface area contributed by atoms with E-state index in [-0.39, 0.29) is 12.4 Å². The van der Waals surface area contributed by atoms with Gasteiger partial charge in [0.25, 0.3) is 0 Å². The number of aromatic nitrogens is 1. The van der Waals surface area contributed by atoms with E-state index in [1.165, 1.54) is 0 Å². The second-order valence-electron chi connectivity index (χ2n) is 7.98. The summed E-state index contributed by atoms with van der Waals surface area (Å²) in [6, 6.07) is 19.4. The van der Waals surface area contributed by atoms with E-state index >= 15 is 0 Å². The molecule has 0 aliphatic heterocycles. The molecule has 0 spiro atoms. The predicted octanol–water partition coefficient (Wildman–Crippen LogP) is 4.10. The highest BCUT2D eigenvalue weighted by molar-refractivity contribution is 6.28. The van der Waals surface area contributed by atoms with Gasteiger partial charge >= 0.3 is 0 Å². The van der Waals surface area contributed by atoms with Gasteiger partial charge in [-0.05, 0) is 11.6 Å². The minimum Gasteiger partial charge on any atom is -0.395 e. The van der Waals surface area contributed by atoms with E-state index in [0.29, 0.717) is 59.7 Å². The topological polar surface area (TPSA) is 87.8 Å². The molecule has 5 rings (SSSR count). The highest BCUT2D eigenvalue weighted by atomic mass is 16.5. The summed E-state index contributed by atoms with van der Waals surface area (Å²) in [5, 5.41) is 18.3. The Hall–Kier alpha value is -3.68. The van der Waals surface area contributed by atoms with Crippen molar-refractivity contribution in [3.63, 3.8) is 0 Å². The predicted molar refractivity (Wildman–Crippen MR) is 128 cm³/mol. The molecule has 3 aromatic carbocycles. The lowest BCUT2D eigenvalue weighted by atomic mass is 9.86. The fourth-order valence-corrected chi connectivity index (χ4v) is 4.42. The molecule has 168 valence electrons. The van der Waals surface area contributed by atoms with Crippen LogP contribution in [0.1, 0.15) is 21.5 Å². The van der Waals surface area contributed by atoms with Crippen LogP contribution in [0.25, 0.3) is 22.2 Å². The van der Waals surface area contributed by atoms with Crippen LogP contribution >= 0.6 is 0 Å². The lowest BCUT2D eigenvalue weighted by Gasteiger charge is -2.27. The number of carbonyl (C=O) groups is 1. The molecular formula is C26H25N3O4. The van der Waals surface area contributed by atoms with E-state index in [2.05, 4.69) is 15.4 Å². The van der Waals surface area contributed by atoms with Crippen LogP contribution in [0.15, 0.2) is 65.2 Å². The van der Waals surface area contributed by atoms with Crippen molar-refractivity contribution in [3.8, 4) is 11.3 Å². The quantitative estimate of drug-likeness (QED) is 0.332. The molecule has 1 heterocycles. The Morgan fingerprint density at radius 2 is 1.85 bits per heavy atom. The molecule has 0 saturated carbocycles. The van der Waals surface area contributed by atoms with Gasteiger partial charge in [0.1, 0.15) is 5.52 Å². The van der Waals surface area contributed by atoms with Crippen molar-refractivity contribution in [3.05, 3.63) is 77.4 Å². The van der Waals surface area contributed by atoms with E-state index in [1.54, 1.807) is 7.11 Å². The van der Waals surface area contributed by atoms with Crippen LogP contribution < -0.4 is 10.2 Å². The van der Waals surface area contributed by atoms with Gasteiger partial charge in [-0.25, -0.2) is 0 Å². The Morgan fingerprint density at radius 1 is 1.09 bits per heavy atom. The number of anilines is 2. The molecule has 0 saturated heterocycles. The average Bonchev–Trinajstić information content (AvgIpc) is 3.29. The number of ether oxygens (including phenoxy) is 1. The lowest BCUT2D eigenvalue weighted by Crippen LogP contribution is -2.27. The summed E-state index contributed by atoms with van der Waals surface area (Å²) in [5.41, 5.74) is 5.13. The number of carbonyl (C=O) groups excluding carboxylic acids is 1. The Bertz CT molecular complexity index is 1300. The number of aliphatic hydroxyl groups is 1. The van der Waals surface area contributed by atoms with Crippen molar-refractivity contribution in [2.45, 2.75) is 6.54 Å². The highest BCUT2D eigenvalue weighted by Crippen LogP contribution is 2.45. The van der Waals surface area contributed by atoms with E-state index in [1.807, 2.05) is 60.7 Å². The highest BCUT2D eigenvalue weighted by Gasteiger charge is 2.33. The van der Waals surface area contributed by atoms with E-state index < -0.39 is 0 Å². The first kappa shape index (κ1) is 21.2. The zero-order chi connectivity index (χ0) is 22.8. The first-order valence-electron chi connectivity index (χ1n) is 11.0. The van der Waals surface area contributed by atoms with Crippen LogP contribution in [-0.2, 0) is 11.3 Å². The normalized spacial score (nSPS) is 12.1.